The molecule has 0 saturated heterocycles. The minimum atomic E-state index is 0.863. The molecule has 64 heavy (non-hydrogen) atoms. The molecule has 4 heteroatoms. The molecule has 0 atom stereocenters. The van der Waals surface area contributed by atoms with Gasteiger partial charge in [0.2, 0.25) is 0 Å². The van der Waals surface area contributed by atoms with Crippen LogP contribution >= 0.6 is 11.3 Å². The highest BCUT2D eigenvalue weighted by molar-refractivity contribution is 7.26. The number of benzene rings is 10. The first-order chi connectivity index (χ1) is 31.7. The van der Waals surface area contributed by atoms with Crippen LogP contribution in [-0.2, 0) is 0 Å². The third-order valence-electron chi connectivity index (χ3n) is 12.8. The molecule has 0 N–H and O–H groups in total. The number of hydrogen-bond donors (Lipinski definition) is 0. The molecule has 3 aromatic heterocycles. The fraction of sp³-hybridized carbons (Fsp3) is 0. The van der Waals surface area contributed by atoms with Crippen molar-refractivity contribution in [2.75, 3.05) is 4.90 Å². The van der Waals surface area contributed by atoms with Crippen LogP contribution in [0.1, 0.15) is 0 Å². The Morgan fingerprint density at radius 3 is 1.69 bits per heavy atom. The van der Waals surface area contributed by atoms with Gasteiger partial charge in [0.05, 0.1) is 16.7 Å². The first-order valence-electron chi connectivity index (χ1n) is 21.7. The molecule has 0 radical (unpaired) electrons. The maximum Gasteiger partial charge on any atom is 0.135 e. The van der Waals surface area contributed by atoms with Crippen LogP contribution in [0.2, 0.25) is 0 Å². The van der Waals surface area contributed by atoms with Gasteiger partial charge in [-0.05, 0) is 106 Å². The molecule has 13 aromatic rings. The Morgan fingerprint density at radius 2 is 0.938 bits per heavy atom. The number of rotatable bonds is 7. The third kappa shape index (κ3) is 5.88. The van der Waals surface area contributed by atoms with Crippen molar-refractivity contribution in [1.29, 1.82) is 0 Å². The smallest absolute Gasteiger partial charge is 0.135 e. The van der Waals surface area contributed by atoms with Gasteiger partial charge < -0.3 is 13.9 Å². The van der Waals surface area contributed by atoms with Gasteiger partial charge in [-0.25, -0.2) is 0 Å². The number of fused-ring (bicyclic) bond motifs is 9. The number of nitrogens with zero attached hydrogens (tertiary/aromatic N) is 2. The van der Waals surface area contributed by atoms with Crippen molar-refractivity contribution in [3.8, 4) is 39.1 Å². The number of para-hydroxylation sites is 2. The van der Waals surface area contributed by atoms with E-state index in [0.717, 1.165) is 55.8 Å². The largest absolute Gasteiger partial charge is 0.456 e. The van der Waals surface area contributed by atoms with Gasteiger partial charge in [-0.15, -0.1) is 11.3 Å². The zero-order chi connectivity index (χ0) is 42.1. The van der Waals surface area contributed by atoms with Gasteiger partial charge in [0.15, 0.2) is 0 Å². The van der Waals surface area contributed by atoms with E-state index in [0.29, 0.717) is 0 Å². The standard InChI is InChI=1S/C60H38N2OS/c1-5-15-39(16-6-1)42-26-33-56-51(35-42)52-37-45(28-34-57(52)63-56)61(46-27-30-49-48-23-13-14-24-53(48)62(55(49)38-46)44-21-11-4-12-22-44)54-32-31-47(41-19-9-3-10-20-41)60-59(54)50-29-25-43(36-58(50)64-60)40-17-7-2-8-18-40/h1-38H. The molecule has 0 aliphatic carbocycles. The van der Waals surface area contributed by atoms with Gasteiger partial charge in [0.25, 0.3) is 0 Å². The number of anilines is 3. The summed E-state index contributed by atoms with van der Waals surface area (Å²) < 4.78 is 11.5. The summed E-state index contributed by atoms with van der Waals surface area (Å²) in [5.74, 6) is 0. The van der Waals surface area contributed by atoms with Crippen LogP contribution in [-0.4, -0.2) is 4.57 Å². The molecule has 13 rings (SSSR count). The molecule has 0 saturated carbocycles. The Bertz CT molecular complexity index is 3890. The molecule has 3 nitrogen and oxygen atoms in total. The first kappa shape index (κ1) is 36.5. The van der Waals surface area contributed by atoms with Crippen LogP contribution < -0.4 is 4.90 Å². The Hall–Kier alpha value is -8.18. The molecule has 0 aliphatic rings. The van der Waals surface area contributed by atoms with Crippen molar-refractivity contribution in [1.82, 2.24) is 4.57 Å². The lowest BCUT2D eigenvalue weighted by Crippen LogP contribution is -2.10. The zero-order valence-corrected chi connectivity index (χ0v) is 35.5. The summed E-state index contributed by atoms with van der Waals surface area (Å²) in [6.45, 7) is 0. The van der Waals surface area contributed by atoms with Crippen molar-refractivity contribution in [3.05, 3.63) is 231 Å². The molecular weight excluding hydrogens is 797 g/mol. The van der Waals surface area contributed by atoms with Crippen molar-refractivity contribution < 1.29 is 4.42 Å². The van der Waals surface area contributed by atoms with Crippen molar-refractivity contribution in [2.45, 2.75) is 0 Å². The molecule has 0 aliphatic heterocycles. The van der Waals surface area contributed by atoms with E-state index in [-0.39, 0.29) is 0 Å². The summed E-state index contributed by atoms with van der Waals surface area (Å²) in [7, 11) is 0. The van der Waals surface area contributed by atoms with E-state index in [1.165, 1.54) is 64.3 Å². The van der Waals surface area contributed by atoms with E-state index < -0.39 is 0 Å². The van der Waals surface area contributed by atoms with Crippen molar-refractivity contribution in [3.63, 3.8) is 0 Å². The topological polar surface area (TPSA) is 21.3 Å². The monoisotopic (exact) mass is 834 g/mol. The van der Waals surface area contributed by atoms with Gasteiger partial charge in [-0.1, -0.05) is 158 Å². The summed E-state index contributed by atoms with van der Waals surface area (Å²) in [6.07, 6.45) is 0. The highest BCUT2D eigenvalue weighted by Crippen LogP contribution is 2.50. The van der Waals surface area contributed by atoms with Gasteiger partial charge in [0, 0.05) is 58.8 Å². The van der Waals surface area contributed by atoms with Gasteiger partial charge in [-0.3, -0.25) is 0 Å². The summed E-state index contributed by atoms with van der Waals surface area (Å²) in [4.78, 5) is 2.47. The lowest BCUT2D eigenvalue weighted by molar-refractivity contribution is 0.669. The molecule has 0 spiro atoms. The Kier molecular flexibility index (Phi) is 8.40. The van der Waals surface area contributed by atoms with E-state index in [4.69, 9.17) is 4.42 Å². The number of thiophene rings is 1. The van der Waals surface area contributed by atoms with E-state index in [1.54, 1.807) is 0 Å². The summed E-state index contributed by atoms with van der Waals surface area (Å²) >= 11 is 1.88. The molecule has 10 aromatic carbocycles. The highest BCUT2D eigenvalue weighted by atomic mass is 32.1. The SMILES string of the molecule is c1ccc(-c2ccc3c(c2)sc2c(-c4ccccc4)ccc(N(c4ccc5oc6ccc(-c7ccccc7)cc6c5c4)c4ccc5c6ccccc6n(-c6ccccc6)c5c4)c23)cc1. The van der Waals surface area contributed by atoms with Crippen LogP contribution in [0, 0.1) is 0 Å². The quantitative estimate of drug-likeness (QED) is 0.159. The molecule has 0 amide bonds. The number of hydrogen-bond acceptors (Lipinski definition) is 3. The molecular formula is C60H38N2OS. The second kappa shape index (κ2) is 14.7. The van der Waals surface area contributed by atoms with Crippen LogP contribution in [0.3, 0.4) is 0 Å². The number of furan rings is 1. The molecule has 3 heterocycles. The van der Waals surface area contributed by atoms with Crippen molar-refractivity contribution in [2.24, 2.45) is 0 Å². The first-order valence-corrected chi connectivity index (χ1v) is 22.6. The van der Waals surface area contributed by atoms with E-state index in [1.807, 2.05) is 11.3 Å². The summed E-state index contributed by atoms with van der Waals surface area (Å²) in [5.41, 5.74) is 15.6. The second-order valence-corrected chi connectivity index (χ2v) is 17.5. The predicted molar refractivity (Wildman–Crippen MR) is 272 cm³/mol. The predicted octanol–water partition coefficient (Wildman–Crippen LogP) is 17.5. The van der Waals surface area contributed by atoms with Crippen LogP contribution in [0.15, 0.2) is 235 Å². The van der Waals surface area contributed by atoms with Crippen LogP contribution in [0.4, 0.5) is 17.1 Å². The van der Waals surface area contributed by atoms with Crippen LogP contribution in [0.5, 0.6) is 0 Å². The lowest BCUT2D eigenvalue weighted by atomic mass is 9.98. The zero-order valence-electron chi connectivity index (χ0n) is 34.7. The Labute approximate surface area is 373 Å². The lowest BCUT2D eigenvalue weighted by Gasteiger charge is -2.27. The maximum absolute atomic E-state index is 6.55. The fourth-order valence-corrected chi connectivity index (χ4v) is 11.1. The van der Waals surface area contributed by atoms with Crippen LogP contribution in [0.25, 0.3) is 103 Å². The molecule has 300 valence electrons. The van der Waals surface area contributed by atoms with E-state index in [9.17, 15) is 0 Å². The average Bonchev–Trinajstić information content (AvgIpc) is 4.04. The Morgan fingerprint density at radius 1 is 0.375 bits per heavy atom. The second-order valence-electron chi connectivity index (χ2n) is 16.5. The van der Waals surface area contributed by atoms with E-state index >= 15 is 0 Å². The molecule has 0 fully saturated rings. The van der Waals surface area contributed by atoms with Gasteiger partial charge >= 0.3 is 0 Å². The molecule has 0 unspecified atom stereocenters. The van der Waals surface area contributed by atoms with Gasteiger partial charge in [-0.2, -0.15) is 0 Å². The Balaban J connectivity index is 1.11. The van der Waals surface area contributed by atoms with E-state index in [2.05, 4.69) is 240 Å². The fourth-order valence-electron chi connectivity index (χ4n) is 9.80. The normalized spacial score (nSPS) is 11.8. The minimum Gasteiger partial charge on any atom is -0.456 e. The number of aromatic nitrogens is 1. The summed E-state index contributed by atoms with van der Waals surface area (Å²) in [5, 5.41) is 7.08. The highest BCUT2D eigenvalue weighted by Gasteiger charge is 2.24. The third-order valence-corrected chi connectivity index (χ3v) is 14.0. The molecule has 0 bridgehead atoms. The maximum atomic E-state index is 6.55. The van der Waals surface area contributed by atoms with Crippen molar-refractivity contribution >= 4 is 92.3 Å². The summed E-state index contributed by atoms with van der Waals surface area (Å²) in [6, 6.07) is 83.5. The van der Waals surface area contributed by atoms with Gasteiger partial charge in [0.1, 0.15) is 11.2 Å². The average molecular weight is 835 g/mol. The minimum absolute atomic E-state index is 0.863.